The average Bonchev–Trinajstić information content (AvgIpc) is 2.60. The third-order valence-corrected chi connectivity index (χ3v) is 5.30. The first-order chi connectivity index (χ1) is 13.0. The molecule has 0 saturated carbocycles. The predicted octanol–water partition coefficient (Wildman–Crippen LogP) is -2.74. The van der Waals surface area contributed by atoms with Gasteiger partial charge in [0.15, 0.2) is 0 Å². The van der Waals surface area contributed by atoms with E-state index in [0.29, 0.717) is 0 Å². The molecule has 0 aliphatic rings. The number of aromatic nitrogens is 4. The van der Waals surface area contributed by atoms with Crippen molar-refractivity contribution in [3.63, 3.8) is 0 Å². The molecule has 0 bridgehead atoms. The second-order valence-electron chi connectivity index (χ2n) is 5.50. The summed E-state index contributed by atoms with van der Waals surface area (Å²) in [6.07, 6.45) is 0. The van der Waals surface area contributed by atoms with Gasteiger partial charge < -0.3 is 11.5 Å². The Morgan fingerprint density at radius 1 is 0.655 bits per heavy atom. The molecule has 0 amide bonds. The number of rotatable bonds is 4. The topological polar surface area (TPSA) is 212 Å². The normalized spacial score (nSPS) is 11.7. The molecule has 1 aromatic heterocycles. The molecule has 0 spiro atoms. The predicted molar refractivity (Wildman–Crippen MR) is 96.9 cm³/mol. The number of hydrogen-bond donors (Lipinski definition) is 4. The standard InChI is InChI=1S/C14H12N6O6S2.Na/c15-11-5-7(27(21,22)23)1-3-9(11)13-17-19-14(20-18-13)10-4-2-8(6-12(10)16)28(24,25)26;/h1-6H,15-16H2,(H,21,22,23)(H,24,25,26);/q;+1. The van der Waals surface area contributed by atoms with Crippen molar-refractivity contribution in [2.75, 3.05) is 11.5 Å². The molecule has 0 fully saturated rings. The monoisotopic (exact) mass is 447 g/mol. The quantitative estimate of drug-likeness (QED) is 0.182. The Kier molecular flexibility index (Phi) is 6.58. The van der Waals surface area contributed by atoms with Crippen LogP contribution in [0, 0.1) is 0 Å². The second-order valence-corrected chi connectivity index (χ2v) is 8.34. The minimum Gasteiger partial charge on any atom is -0.398 e. The Morgan fingerprint density at radius 3 is 1.21 bits per heavy atom. The van der Waals surface area contributed by atoms with Gasteiger partial charge in [0.05, 0.1) is 9.79 Å². The van der Waals surface area contributed by atoms with Crippen molar-refractivity contribution in [2.24, 2.45) is 0 Å². The van der Waals surface area contributed by atoms with Crippen LogP contribution in [-0.4, -0.2) is 46.3 Å². The van der Waals surface area contributed by atoms with Crippen LogP contribution >= 0.6 is 0 Å². The zero-order chi connectivity index (χ0) is 20.7. The molecule has 3 rings (SSSR count). The fraction of sp³-hybridized carbons (Fsp3) is 0. The van der Waals surface area contributed by atoms with E-state index < -0.39 is 30.0 Å². The molecule has 29 heavy (non-hydrogen) atoms. The molecule has 146 valence electrons. The molecule has 0 aliphatic carbocycles. The van der Waals surface area contributed by atoms with Gasteiger partial charge in [0.2, 0.25) is 11.6 Å². The summed E-state index contributed by atoms with van der Waals surface area (Å²) in [4.78, 5) is -0.782. The number of benzene rings is 2. The molecule has 1 heterocycles. The number of hydrogen-bond acceptors (Lipinski definition) is 10. The first-order valence-electron chi connectivity index (χ1n) is 7.29. The van der Waals surface area contributed by atoms with Crippen molar-refractivity contribution in [1.29, 1.82) is 0 Å². The summed E-state index contributed by atoms with van der Waals surface area (Å²) < 4.78 is 62.6. The maximum atomic E-state index is 11.1. The van der Waals surface area contributed by atoms with Crippen LogP contribution < -0.4 is 41.0 Å². The number of nitrogens with two attached hydrogens (primary N) is 2. The molecule has 0 unspecified atom stereocenters. The van der Waals surface area contributed by atoms with E-state index in [-0.39, 0.29) is 63.7 Å². The zero-order valence-corrected chi connectivity index (χ0v) is 18.4. The Bertz CT molecular complexity index is 1180. The summed E-state index contributed by atoms with van der Waals surface area (Å²) in [6.45, 7) is 0. The van der Waals surface area contributed by atoms with Crippen LogP contribution in [0.5, 0.6) is 0 Å². The fourth-order valence-electron chi connectivity index (χ4n) is 2.25. The number of nitrogens with zero attached hydrogens (tertiary/aromatic N) is 4. The van der Waals surface area contributed by atoms with Crippen LogP contribution in [0.2, 0.25) is 0 Å². The van der Waals surface area contributed by atoms with Crippen LogP contribution in [-0.2, 0) is 20.2 Å². The summed E-state index contributed by atoms with van der Waals surface area (Å²) in [7, 11) is -8.82. The molecule has 0 saturated heterocycles. The molecule has 6 N–H and O–H groups in total. The summed E-state index contributed by atoms with van der Waals surface area (Å²) in [5, 5.41) is 15.4. The molecule has 12 nitrogen and oxygen atoms in total. The van der Waals surface area contributed by atoms with Gasteiger partial charge in [-0.1, -0.05) is 0 Å². The van der Waals surface area contributed by atoms with E-state index in [9.17, 15) is 16.8 Å². The molecule has 0 radical (unpaired) electrons. The van der Waals surface area contributed by atoms with Gasteiger partial charge in [0.1, 0.15) is 0 Å². The molecule has 0 aliphatic heterocycles. The van der Waals surface area contributed by atoms with Gasteiger partial charge >= 0.3 is 29.6 Å². The van der Waals surface area contributed by atoms with Crippen molar-refractivity contribution >= 4 is 31.6 Å². The van der Waals surface area contributed by atoms with Gasteiger partial charge in [0.25, 0.3) is 20.2 Å². The SMILES string of the molecule is Nc1cc(S(=O)(=O)O)ccc1-c1nnc(-c2ccc(S(=O)(=O)O)cc2N)nn1.[Na+]. The third-order valence-electron chi connectivity index (χ3n) is 3.60. The van der Waals surface area contributed by atoms with Crippen molar-refractivity contribution in [3.05, 3.63) is 36.4 Å². The average molecular weight is 447 g/mol. The van der Waals surface area contributed by atoms with Gasteiger partial charge in [-0.2, -0.15) is 16.8 Å². The summed E-state index contributed by atoms with van der Waals surface area (Å²) in [5.74, 6) is -0.0347. The maximum Gasteiger partial charge on any atom is 1.00 e. The Morgan fingerprint density at radius 2 is 0.966 bits per heavy atom. The van der Waals surface area contributed by atoms with Crippen molar-refractivity contribution in [3.8, 4) is 22.8 Å². The van der Waals surface area contributed by atoms with Gasteiger partial charge in [-0.25, -0.2) is 0 Å². The van der Waals surface area contributed by atoms with E-state index in [1.165, 1.54) is 12.1 Å². The Labute approximate surface area is 187 Å². The van der Waals surface area contributed by atoms with Gasteiger partial charge in [-0.05, 0) is 36.4 Å². The smallest absolute Gasteiger partial charge is 0.398 e. The maximum absolute atomic E-state index is 11.1. The molecular formula is C14H12N6NaO6S2+. The van der Waals surface area contributed by atoms with E-state index in [1.807, 2.05) is 0 Å². The largest absolute Gasteiger partial charge is 1.00 e. The Balaban J connectivity index is 0.00000300. The third kappa shape index (κ3) is 5.05. The number of anilines is 2. The van der Waals surface area contributed by atoms with E-state index in [2.05, 4.69) is 20.4 Å². The van der Waals surface area contributed by atoms with Gasteiger partial charge in [0, 0.05) is 22.5 Å². The van der Waals surface area contributed by atoms with E-state index in [0.717, 1.165) is 24.3 Å². The summed E-state index contributed by atoms with van der Waals surface area (Å²) in [5.41, 5.74) is 11.9. The van der Waals surface area contributed by atoms with Crippen LogP contribution in [0.3, 0.4) is 0 Å². The van der Waals surface area contributed by atoms with E-state index in [1.54, 1.807) is 0 Å². The molecular weight excluding hydrogens is 435 g/mol. The Hall–Kier alpha value is -2.20. The molecule has 2 aromatic carbocycles. The van der Waals surface area contributed by atoms with Crippen LogP contribution in [0.1, 0.15) is 0 Å². The zero-order valence-electron chi connectivity index (χ0n) is 14.8. The van der Waals surface area contributed by atoms with Crippen LogP contribution in [0.25, 0.3) is 22.8 Å². The van der Waals surface area contributed by atoms with Crippen LogP contribution in [0.15, 0.2) is 46.2 Å². The van der Waals surface area contributed by atoms with Crippen molar-refractivity contribution < 1.29 is 55.5 Å². The number of nitrogen functional groups attached to an aromatic ring is 2. The van der Waals surface area contributed by atoms with E-state index in [4.69, 9.17) is 20.6 Å². The minimum absolute atomic E-state index is 0. The summed E-state index contributed by atoms with van der Waals surface area (Å²) >= 11 is 0. The van der Waals surface area contributed by atoms with Crippen LogP contribution in [0.4, 0.5) is 11.4 Å². The molecule has 0 atom stereocenters. The summed E-state index contributed by atoms with van der Waals surface area (Å²) in [6, 6.07) is 6.87. The minimum atomic E-state index is -4.41. The van der Waals surface area contributed by atoms with Crippen molar-refractivity contribution in [2.45, 2.75) is 9.79 Å². The van der Waals surface area contributed by atoms with Gasteiger partial charge in [-0.3, -0.25) is 9.11 Å². The molecule has 3 aromatic rings. The first-order valence-corrected chi connectivity index (χ1v) is 10.2. The molecule has 15 heteroatoms. The van der Waals surface area contributed by atoms with Gasteiger partial charge in [-0.15, -0.1) is 20.4 Å². The second kappa shape index (κ2) is 8.27. The fourth-order valence-corrected chi connectivity index (χ4v) is 3.29. The van der Waals surface area contributed by atoms with Crippen molar-refractivity contribution in [1.82, 2.24) is 20.4 Å². The van der Waals surface area contributed by atoms with E-state index >= 15 is 0 Å². The first kappa shape index (κ1) is 23.1.